The molecule has 0 atom stereocenters. The van der Waals surface area contributed by atoms with Crippen LogP contribution in [0.2, 0.25) is 0 Å². The van der Waals surface area contributed by atoms with Crippen LogP contribution in [0, 0.1) is 0 Å². The molecule has 3 nitrogen and oxygen atoms in total. The molecule has 3 rings (SSSR count). The minimum Gasteiger partial charge on any atom is -0.268 e. The van der Waals surface area contributed by atoms with Crippen molar-refractivity contribution in [2.24, 2.45) is 0 Å². The van der Waals surface area contributed by atoms with E-state index in [9.17, 15) is 4.79 Å². The molecule has 0 N–H and O–H groups in total. The average Bonchev–Trinajstić information content (AvgIpc) is 2.48. The maximum absolute atomic E-state index is 12.8. The number of fused-ring (bicyclic) bond motifs is 1. The molecule has 2 aromatic carbocycles. The number of hydrogen-bond acceptors (Lipinski definition) is 2. The molecule has 0 aliphatic heterocycles. The van der Waals surface area contributed by atoms with Crippen LogP contribution in [0.25, 0.3) is 16.6 Å². The minimum absolute atomic E-state index is 0.0284. The number of rotatable bonds is 2. The summed E-state index contributed by atoms with van der Waals surface area (Å²) in [5.41, 5.74) is 1.55. The second-order valence-electron chi connectivity index (χ2n) is 4.49. The largest absolute Gasteiger partial charge is 0.268 e. The molecule has 1 aromatic heterocycles. The molecule has 0 radical (unpaired) electrons. The zero-order chi connectivity index (χ0) is 14.1. The second-order valence-corrected chi connectivity index (χ2v) is 5.35. The third-order valence-corrected chi connectivity index (χ3v) is 3.93. The number of nitrogens with zero attached hydrogens (tertiary/aromatic N) is 2. The van der Waals surface area contributed by atoms with Gasteiger partial charge in [0.05, 0.1) is 16.6 Å². The van der Waals surface area contributed by atoms with E-state index in [0.717, 1.165) is 21.5 Å². The summed E-state index contributed by atoms with van der Waals surface area (Å²) in [6.45, 7) is 2.00. The zero-order valence-corrected chi connectivity index (χ0v) is 12.6. The molecule has 100 valence electrons. The lowest BCUT2D eigenvalue weighted by atomic mass is 10.2. The van der Waals surface area contributed by atoms with Gasteiger partial charge in [0.15, 0.2) is 0 Å². The van der Waals surface area contributed by atoms with Crippen molar-refractivity contribution in [1.29, 1.82) is 0 Å². The molecule has 0 spiro atoms. The molecule has 20 heavy (non-hydrogen) atoms. The van der Waals surface area contributed by atoms with Gasteiger partial charge in [0, 0.05) is 10.9 Å². The standard InChI is InChI=1S/C16H13BrN2O/c1-2-15-18-13-9-5-3-7-11(13)16(20)19(15)14-10-6-4-8-12(14)17/h3-10H,2H2,1H3. The Morgan fingerprint density at radius 1 is 1.10 bits per heavy atom. The summed E-state index contributed by atoms with van der Waals surface area (Å²) < 4.78 is 2.57. The fraction of sp³-hybridized carbons (Fsp3) is 0.125. The Morgan fingerprint density at radius 2 is 1.80 bits per heavy atom. The number of aromatic nitrogens is 2. The molecule has 0 aliphatic carbocycles. The van der Waals surface area contributed by atoms with Gasteiger partial charge < -0.3 is 0 Å². The zero-order valence-electron chi connectivity index (χ0n) is 11.0. The van der Waals surface area contributed by atoms with Gasteiger partial charge in [-0.05, 0) is 40.2 Å². The Balaban J connectivity index is 2.43. The van der Waals surface area contributed by atoms with Gasteiger partial charge in [-0.25, -0.2) is 4.98 Å². The topological polar surface area (TPSA) is 34.9 Å². The van der Waals surface area contributed by atoms with Crippen molar-refractivity contribution in [2.75, 3.05) is 0 Å². The van der Waals surface area contributed by atoms with E-state index in [4.69, 9.17) is 0 Å². The maximum Gasteiger partial charge on any atom is 0.266 e. The summed E-state index contributed by atoms with van der Waals surface area (Å²) in [6, 6.07) is 15.1. The van der Waals surface area contributed by atoms with Crippen LogP contribution in [0.15, 0.2) is 57.8 Å². The van der Waals surface area contributed by atoms with Gasteiger partial charge in [-0.2, -0.15) is 0 Å². The summed E-state index contributed by atoms with van der Waals surface area (Å²) in [5.74, 6) is 0.764. The van der Waals surface area contributed by atoms with Crippen LogP contribution in [0.1, 0.15) is 12.7 Å². The molecule has 0 aliphatic rings. The SMILES string of the molecule is CCc1nc2ccccc2c(=O)n1-c1ccccc1Br. The van der Waals surface area contributed by atoms with Crippen LogP contribution in [0.5, 0.6) is 0 Å². The molecule has 0 amide bonds. The first-order valence-corrected chi connectivity index (χ1v) is 7.27. The minimum atomic E-state index is -0.0284. The molecule has 0 saturated carbocycles. The van der Waals surface area contributed by atoms with E-state index in [1.165, 1.54) is 0 Å². The van der Waals surface area contributed by atoms with E-state index in [-0.39, 0.29) is 5.56 Å². The lowest BCUT2D eigenvalue weighted by Crippen LogP contribution is -2.23. The van der Waals surface area contributed by atoms with Crippen molar-refractivity contribution in [2.45, 2.75) is 13.3 Å². The van der Waals surface area contributed by atoms with Crippen LogP contribution in [-0.4, -0.2) is 9.55 Å². The summed E-state index contributed by atoms with van der Waals surface area (Å²) in [7, 11) is 0. The molecular formula is C16H13BrN2O. The van der Waals surface area contributed by atoms with Gasteiger partial charge in [-0.15, -0.1) is 0 Å². The first-order valence-electron chi connectivity index (χ1n) is 6.48. The highest BCUT2D eigenvalue weighted by atomic mass is 79.9. The van der Waals surface area contributed by atoms with E-state index >= 15 is 0 Å². The van der Waals surface area contributed by atoms with E-state index in [0.29, 0.717) is 11.8 Å². The normalized spacial score (nSPS) is 10.9. The third-order valence-electron chi connectivity index (χ3n) is 3.25. The van der Waals surface area contributed by atoms with Crippen molar-refractivity contribution in [3.8, 4) is 5.69 Å². The van der Waals surface area contributed by atoms with Crippen molar-refractivity contribution < 1.29 is 0 Å². The molecular weight excluding hydrogens is 316 g/mol. The summed E-state index contributed by atoms with van der Waals surface area (Å²) in [4.78, 5) is 17.4. The van der Waals surface area contributed by atoms with Crippen molar-refractivity contribution in [3.63, 3.8) is 0 Å². The lowest BCUT2D eigenvalue weighted by Gasteiger charge is -2.13. The highest BCUT2D eigenvalue weighted by Crippen LogP contribution is 2.21. The highest BCUT2D eigenvalue weighted by molar-refractivity contribution is 9.10. The van der Waals surface area contributed by atoms with Gasteiger partial charge in [0.25, 0.3) is 5.56 Å². The number of para-hydroxylation sites is 2. The van der Waals surface area contributed by atoms with E-state index in [2.05, 4.69) is 20.9 Å². The monoisotopic (exact) mass is 328 g/mol. The molecule has 0 bridgehead atoms. The molecule has 1 heterocycles. The van der Waals surface area contributed by atoms with E-state index in [1.54, 1.807) is 4.57 Å². The van der Waals surface area contributed by atoms with Crippen molar-refractivity contribution >= 4 is 26.8 Å². The molecule has 0 saturated heterocycles. The third kappa shape index (κ3) is 2.06. The fourth-order valence-electron chi connectivity index (χ4n) is 2.30. The van der Waals surface area contributed by atoms with Crippen LogP contribution in [0.3, 0.4) is 0 Å². The maximum atomic E-state index is 12.8. The van der Waals surface area contributed by atoms with Crippen LogP contribution in [-0.2, 0) is 6.42 Å². The summed E-state index contributed by atoms with van der Waals surface area (Å²) in [5, 5.41) is 0.639. The summed E-state index contributed by atoms with van der Waals surface area (Å²) >= 11 is 3.51. The predicted molar refractivity (Wildman–Crippen MR) is 84.4 cm³/mol. The second kappa shape index (κ2) is 5.21. The van der Waals surface area contributed by atoms with Gasteiger partial charge in [-0.1, -0.05) is 31.2 Å². The number of halogens is 1. The van der Waals surface area contributed by atoms with Gasteiger partial charge in [0.1, 0.15) is 5.82 Å². The Labute approximate surface area is 125 Å². The molecule has 3 aromatic rings. The Bertz CT molecular complexity index is 839. The van der Waals surface area contributed by atoms with Crippen molar-refractivity contribution in [3.05, 3.63) is 69.2 Å². The van der Waals surface area contributed by atoms with E-state index in [1.807, 2.05) is 55.5 Å². The Morgan fingerprint density at radius 3 is 2.55 bits per heavy atom. The van der Waals surface area contributed by atoms with Crippen LogP contribution < -0.4 is 5.56 Å². The molecule has 4 heteroatoms. The predicted octanol–water partition coefficient (Wildman–Crippen LogP) is 3.71. The first-order chi connectivity index (χ1) is 9.72. The quantitative estimate of drug-likeness (QED) is 0.718. The smallest absolute Gasteiger partial charge is 0.266 e. The van der Waals surface area contributed by atoms with Crippen LogP contribution in [0.4, 0.5) is 0 Å². The average molecular weight is 329 g/mol. The molecule has 0 fully saturated rings. The van der Waals surface area contributed by atoms with Crippen molar-refractivity contribution in [1.82, 2.24) is 9.55 Å². The highest BCUT2D eigenvalue weighted by Gasteiger charge is 2.12. The Kier molecular flexibility index (Phi) is 3.40. The Hall–Kier alpha value is -1.94. The van der Waals surface area contributed by atoms with E-state index < -0.39 is 0 Å². The number of hydrogen-bond donors (Lipinski definition) is 0. The van der Waals surface area contributed by atoms with Gasteiger partial charge >= 0.3 is 0 Å². The van der Waals surface area contributed by atoms with Gasteiger partial charge in [-0.3, -0.25) is 9.36 Å². The number of aryl methyl sites for hydroxylation is 1. The fourth-order valence-corrected chi connectivity index (χ4v) is 2.76. The van der Waals surface area contributed by atoms with Crippen LogP contribution >= 0.6 is 15.9 Å². The van der Waals surface area contributed by atoms with Gasteiger partial charge in [0.2, 0.25) is 0 Å². The molecule has 0 unspecified atom stereocenters. The first kappa shape index (κ1) is 13.1. The summed E-state index contributed by atoms with van der Waals surface area (Å²) in [6.07, 6.45) is 0.696. The lowest BCUT2D eigenvalue weighted by molar-refractivity contribution is 0.831. The number of benzene rings is 2.